The van der Waals surface area contributed by atoms with Crippen molar-refractivity contribution < 1.29 is 8.83 Å². The zero-order chi connectivity index (χ0) is 38.2. The summed E-state index contributed by atoms with van der Waals surface area (Å²) in [6.45, 7) is 0. The summed E-state index contributed by atoms with van der Waals surface area (Å²) in [5.41, 5.74) is 10.6. The highest BCUT2D eigenvalue weighted by atomic mass is 16.3. The van der Waals surface area contributed by atoms with E-state index in [0.29, 0.717) is 23.1 Å². The van der Waals surface area contributed by atoms with Gasteiger partial charge in [0.15, 0.2) is 17.5 Å². The van der Waals surface area contributed by atoms with Crippen molar-refractivity contribution in [2.75, 3.05) is 0 Å². The fourth-order valence-electron chi connectivity index (χ4n) is 8.48. The number of rotatable bonds is 5. The van der Waals surface area contributed by atoms with Gasteiger partial charge in [-0.15, -0.1) is 0 Å². The van der Waals surface area contributed by atoms with Gasteiger partial charge in [-0.05, 0) is 53.6 Å². The molecule has 6 heteroatoms. The lowest BCUT2D eigenvalue weighted by Crippen LogP contribution is -2.01. The van der Waals surface area contributed by atoms with Crippen molar-refractivity contribution in [1.29, 1.82) is 0 Å². The average molecular weight is 743 g/mol. The van der Waals surface area contributed by atoms with E-state index in [1.54, 1.807) is 0 Å². The lowest BCUT2D eigenvalue weighted by atomic mass is 9.96. The van der Waals surface area contributed by atoms with Gasteiger partial charge in [-0.1, -0.05) is 140 Å². The van der Waals surface area contributed by atoms with Crippen LogP contribution in [-0.4, -0.2) is 19.9 Å². The van der Waals surface area contributed by atoms with E-state index >= 15 is 0 Å². The van der Waals surface area contributed by atoms with Crippen LogP contribution >= 0.6 is 0 Å². The van der Waals surface area contributed by atoms with Crippen LogP contribution in [0.2, 0.25) is 0 Å². The number of hydrogen-bond donors (Lipinski definition) is 0. The van der Waals surface area contributed by atoms with E-state index in [1.165, 1.54) is 0 Å². The largest absolute Gasteiger partial charge is 0.456 e. The molecule has 0 aliphatic heterocycles. The molecule has 0 radical (unpaired) electrons. The summed E-state index contributed by atoms with van der Waals surface area (Å²) in [5, 5.41) is 7.36. The van der Waals surface area contributed by atoms with Crippen LogP contribution in [0, 0.1) is 0 Å². The monoisotopic (exact) mass is 742 g/mol. The average Bonchev–Trinajstić information content (AvgIpc) is 3.87. The molecule has 0 N–H and O–H groups in total. The predicted molar refractivity (Wildman–Crippen MR) is 234 cm³/mol. The molecule has 12 aromatic rings. The minimum absolute atomic E-state index is 0.512. The lowest BCUT2D eigenvalue weighted by molar-refractivity contribution is 0.668. The standard InChI is InChI=1S/C52H30N4O2/c1-3-14-31(15-4-1)34-18-7-8-20-37(34)51-54-50(33-26-27-36-35-19-10-12-25-43(35)57-45(36)30-33)55-52(56-51)41-23-13-22-40-47-44(58-49(40)41)29-28-39-46(47)38-21-9-11-24-42(38)53-48(39)32-16-5-2-6-17-32/h1-30H. The van der Waals surface area contributed by atoms with Gasteiger partial charge >= 0.3 is 0 Å². The van der Waals surface area contributed by atoms with Gasteiger partial charge in [0.05, 0.1) is 16.8 Å². The number of fused-ring (bicyclic) bond motifs is 10. The minimum atomic E-state index is 0.512. The topological polar surface area (TPSA) is 77.8 Å². The number of pyridine rings is 1. The van der Waals surface area contributed by atoms with E-state index in [1.807, 2.05) is 72.8 Å². The maximum Gasteiger partial charge on any atom is 0.167 e. The van der Waals surface area contributed by atoms with Gasteiger partial charge < -0.3 is 8.83 Å². The van der Waals surface area contributed by atoms with Crippen molar-refractivity contribution in [3.05, 3.63) is 182 Å². The van der Waals surface area contributed by atoms with Crippen LogP contribution in [0.4, 0.5) is 0 Å². The number of furan rings is 2. The molecule has 12 rings (SSSR count). The maximum atomic E-state index is 6.88. The second kappa shape index (κ2) is 12.8. The summed E-state index contributed by atoms with van der Waals surface area (Å²) in [4.78, 5) is 20.8. The molecule has 0 spiro atoms. The summed E-state index contributed by atoms with van der Waals surface area (Å²) in [6, 6.07) is 62.0. The highest BCUT2D eigenvalue weighted by Gasteiger charge is 2.22. The van der Waals surface area contributed by atoms with Crippen molar-refractivity contribution in [2.24, 2.45) is 0 Å². The summed E-state index contributed by atoms with van der Waals surface area (Å²) >= 11 is 0. The fraction of sp³-hybridized carbons (Fsp3) is 0. The molecule has 270 valence electrons. The van der Waals surface area contributed by atoms with Crippen molar-refractivity contribution >= 4 is 65.6 Å². The van der Waals surface area contributed by atoms with E-state index < -0.39 is 0 Å². The molecular weight excluding hydrogens is 713 g/mol. The van der Waals surface area contributed by atoms with Crippen LogP contribution in [0.3, 0.4) is 0 Å². The molecule has 58 heavy (non-hydrogen) atoms. The summed E-state index contributed by atoms with van der Waals surface area (Å²) in [6.07, 6.45) is 0. The van der Waals surface area contributed by atoms with Crippen LogP contribution < -0.4 is 0 Å². The third-order valence-corrected chi connectivity index (χ3v) is 11.1. The number of para-hydroxylation sites is 3. The molecule has 4 heterocycles. The van der Waals surface area contributed by atoms with Gasteiger partial charge in [-0.3, -0.25) is 0 Å². The molecule has 0 amide bonds. The van der Waals surface area contributed by atoms with Gasteiger partial charge in [-0.2, -0.15) is 0 Å². The summed E-state index contributed by atoms with van der Waals surface area (Å²) in [7, 11) is 0. The molecule has 0 aliphatic carbocycles. The van der Waals surface area contributed by atoms with Gasteiger partial charge in [-0.25, -0.2) is 19.9 Å². The van der Waals surface area contributed by atoms with Gasteiger partial charge in [0.1, 0.15) is 22.3 Å². The molecule has 4 aromatic heterocycles. The van der Waals surface area contributed by atoms with Crippen LogP contribution in [0.1, 0.15) is 0 Å². The van der Waals surface area contributed by atoms with Crippen molar-refractivity contribution in [2.45, 2.75) is 0 Å². The molecule has 0 unspecified atom stereocenters. The quantitative estimate of drug-likeness (QED) is 0.163. The molecule has 0 saturated heterocycles. The molecule has 0 atom stereocenters. The summed E-state index contributed by atoms with van der Waals surface area (Å²) < 4.78 is 13.2. The number of nitrogens with zero attached hydrogens (tertiary/aromatic N) is 4. The smallest absolute Gasteiger partial charge is 0.167 e. The zero-order valence-corrected chi connectivity index (χ0v) is 30.9. The SMILES string of the molecule is c1ccc(-c2ccccc2-c2nc(-c3ccc4c(c3)oc3ccccc34)nc(-c3cccc4c3oc3ccc5c(-c6ccccc6)nc6ccccc6c5c34)n2)cc1. The van der Waals surface area contributed by atoms with Crippen molar-refractivity contribution in [3.63, 3.8) is 0 Å². The van der Waals surface area contributed by atoms with E-state index in [4.69, 9.17) is 28.8 Å². The second-order valence-electron chi connectivity index (χ2n) is 14.5. The van der Waals surface area contributed by atoms with Gasteiger partial charge in [0, 0.05) is 54.4 Å². The zero-order valence-electron chi connectivity index (χ0n) is 30.9. The molecule has 0 saturated carbocycles. The van der Waals surface area contributed by atoms with Gasteiger partial charge in [0.2, 0.25) is 0 Å². The van der Waals surface area contributed by atoms with Crippen molar-refractivity contribution in [3.8, 4) is 56.5 Å². The molecule has 0 bridgehead atoms. The van der Waals surface area contributed by atoms with E-state index in [2.05, 4.69) is 109 Å². The number of hydrogen-bond acceptors (Lipinski definition) is 6. The lowest BCUT2D eigenvalue weighted by Gasteiger charge is -2.12. The first-order valence-corrected chi connectivity index (χ1v) is 19.3. The highest BCUT2D eigenvalue weighted by Crippen LogP contribution is 2.44. The second-order valence-corrected chi connectivity index (χ2v) is 14.5. The van der Waals surface area contributed by atoms with Crippen molar-refractivity contribution in [1.82, 2.24) is 19.9 Å². The minimum Gasteiger partial charge on any atom is -0.456 e. The molecule has 0 aliphatic rings. The maximum absolute atomic E-state index is 6.88. The van der Waals surface area contributed by atoms with Crippen LogP contribution in [0.15, 0.2) is 191 Å². The molecule has 6 nitrogen and oxygen atoms in total. The Balaban J connectivity index is 1.12. The Kier molecular flexibility index (Phi) is 7.13. The predicted octanol–water partition coefficient (Wildman–Crippen LogP) is 13.7. The number of benzene rings is 8. The third-order valence-electron chi connectivity index (χ3n) is 11.1. The third kappa shape index (κ3) is 5.05. The van der Waals surface area contributed by atoms with E-state index in [9.17, 15) is 0 Å². The Morgan fingerprint density at radius 3 is 1.78 bits per heavy atom. The normalized spacial score (nSPS) is 11.8. The van der Waals surface area contributed by atoms with Crippen LogP contribution in [-0.2, 0) is 0 Å². The Bertz CT molecular complexity index is 3570. The Morgan fingerprint density at radius 1 is 0.310 bits per heavy atom. The van der Waals surface area contributed by atoms with E-state index in [0.717, 1.165) is 99.0 Å². The van der Waals surface area contributed by atoms with Gasteiger partial charge in [0.25, 0.3) is 0 Å². The molecular formula is C52H30N4O2. The Morgan fingerprint density at radius 2 is 0.931 bits per heavy atom. The van der Waals surface area contributed by atoms with Crippen LogP contribution in [0.5, 0.6) is 0 Å². The first kappa shape index (κ1) is 32.3. The first-order valence-electron chi connectivity index (χ1n) is 19.3. The summed E-state index contributed by atoms with van der Waals surface area (Å²) in [5.74, 6) is 1.61. The Labute approximate surface area is 331 Å². The Hall–Kier alpha value is -7.96. The fourth-order valence-corrected chi connectivity index (χ4v) is 8.48. The van der Waals surface area contributed by atoms with Crippen LogP contribution in [0.25, 0.3) is 122 Å². The molecule has 8 aromatic carbocycles. The first-order chi connectivity index (χ1) is 28.7. The molecule has 0 fully saturated rings. The highest BCUT2D eigenvalue weighted by molar-refractivity contribution is 6.29. The number of aromatic nitrogens is 4. The van der Waals surface area contributed by atoms with E-state index in [-0.39, 0.29) is 0 Å².